The second-order valence-corrected chi connectivity index (χ2v) is 11.6. The van der Waals surface area contributed by atoms with E-state index in [1.807, 2.05) is 30.3 Å². The summed E-state index contributed by atoms with van der Waals surface area (Å²) < 4.78 is 26.6. The van der Waals surface area contributed by atoms with Gasteiger partial charge >= 0.3 is 0 Å². The number of nitrogens with zero attached hydrogens (tertiary/aromatic N) is 2. The van der Waals surface area contributed by atoms with E-state index in [1.165, 1.54) is 11.0 Å². The lowest BCUT2D eigenvalue weighted by Crippen LogP contribution is -2.53. The van der Waals surface area contributed by atoms with E-state index in [9.17, 15) is 18.0 Å². The van der Waals surface area contributed by atoms with E-state index in [-0.39, 0.29) is 24.6 Å². The van der Waals surface area contributed by atoms with Gasteiger partial charge in [0.25, 0.3) is 0 Å². The van der Waals surface area contributed by atoms with Gasteiger partial charge in [-0.3, -0.25) is 13.9 Å². The number of hydrogen-bond acceptors (Lipinski definition) is 4. The maximum absolute atomic E-state index is 13.9. The molecule has 0 aromatic heterocycles. The summed E-state index contributed by atoms with van der Waals surface area (Å²) >= 11 is 12.7. The quantitative estimate of drug-likeness (QED) is 0.354. The Kier molecular flexibility index (Phi) is 10.2. The van der Waals surface area contributed by atoms with Crippen molar-refractivity contribution in [3.8, 4) is 0 Å². The van der Waals surface area contributed by atoms with Crippen LogP contribution in [0.4, 0.5) is 5.69 Å². The molecular weight excluding hydrogens is 545 g/mol. The van der Waals surface area contributed by atoms with E-state index in [0.717, 1.165) is 21.7 Å². The fourth-order valence-electron chi connectivity index (χ4n) is 4.01. The summed E-state index contributed by atoms with van der Waals surface area (Å²) in [4.78, 5) is 28.7. The molecule has 0 heterocycles. The van der Waals surface area contributed by atoms with Gasteiger partial charge in [-0.2, -0.15) is 0 Å². The molecule has 3 aromatic carbocycles. The van der Waals surface area contributed by atoms with E-state index in [4.69, 9.17) is 23.2 Å². The highest BCUT2D eigenvalue weighted by molar-refractivity contribution is 7.92. The molecule has 38 heavy (non-hydrogen) atoms. The Morgan fingerprint density at radius 1 is 0.947 bits per heavy atom. The molecule has 0 fully saturated rings. The SMILES string of the molecule is CCNC(=O)C(Cc1ccccc1)N(Cc1ccccc1Cl)C(=O)CN(c1ccc(C)c(Cl)c1)S(C)(=O)=O. The van der Waals surface area contributed by atoms with Gasteiger partial charge in [-0.15, -0.1) is 0 Å². The minimum Gasteiger partial charge on any atom is -0.355 e. The highest BCUT2D eigenvalue weighted by atomic mass is 35.5. The molecule has 1 N–H and O–H groups in total. The minimum absolute atomic E-state index is 0.0133. The first-order valence-electron chi connectivity index (χ1n) is 12.1. The molecule has 3 aromatic rings. The third-order valence-corrected chi connectivity index (χ3v) is 7.96. The normalized spacial score (nSPS) is 12.0. The number of amides is 2. The van der Waals surface area contributed by atoms with Crippen molar-refractivity contribution < 1.29 is 18.0 Å². The number of likely N-dealkylation sites (N-methyl/N-ethyl adjacent to an activating group) is 1. The van der Waals surface area contributed by atoms with Crippen LogP contribution in [-0.4, -0.2) is 50.5 Å². The van der Waals surface area contributed by atoms with E-state index in [2.05, 4.69) is 5.32 Å². The third kappa shape index (κ3) is 7.72. The van der Waals surface area contributed by atoms with Crippen LogP contribution < -0.4 is 9.62 Å². The molecule has 0 aliphatic rings. The van der Waals surface area contributed by atoms with E-state index in [0.29, 0.717) is 22.2 Å². The van der Waals surface area contributed by atoms with Crippen LogP contribution in [0.3, 0.4) is 0 Å². The van der Waals surface area contributed by atoms with Crippen molar-refractivity contribution in [1.82, 2.24) is 10.2 Å². The predicted molar refractivity (Wildman–Crippen MR) is 153 cm³/mol. The second kappa shape index (κ2) is 13.1. The number of carbonyl (C=O) groups excluding carboxylic acids is 2. The fourth-order valence-corrected chi connectivity index (χ4v) is 5.22. The number of aryl methyl sites for hydroxylation is 1. The van der Waals surface area contributed by atoms with Gasteiger partial charge in [0.1, 0.15) is 12.6 Å². The smallest absolute Gasteiger partial charge is 0.244 e. The van der Waals surface area contributed by atoms with Gasteiger partial charge < -0.3 is 10.2 Å². The zero-order valence-electron chi connectivity index (χ0n) is 21.5. The number of carbonyl (C=O) groups is 2. The molecule has 3 rings (SSSR count). The number of anilines is 1. The van der Waals surface area contributed by atoms with Gasteiger partial charge in [0.2, 0.25) is 21.8 Å². The molecule has 0 spiro atoms. The van der Waals surface area contributed by atoms with Crippen molar-refractivity contribution in [2.24, 2.45) is 0 Å². The van der Waals surface area contributed by atoms with Crippen molar-refractivity contribution in [2.75, 3.05) is 23.7 Å². The zero-order chi connectivity index (χ0) is 27.9. The summed E-state index contributed by atoms with van der Waals surface area (Å²) in [6.07, 6.45) is 1.26. The van der Waals surface area contributed by atoms with Crippen LogP contribution in [-0.2, 0) is 32.6 Å². The lowest BCUT2D eigenvalue weighted by molar-refractivity contribution is -0.140. The third-order valence-electron chi connectivity index (χ3n) is 6.04. The topological polar surface area (TPSA) is 86.8 Å². The predicted octanol–water partition coefficient (Wildman–Crippen LogP) is 4.84. The average molecular weight is 577 g/mol. The number of rotatable bonds is 11. The van der Waals surface area contributed by atoms with Crippen molar-refractivity contribution in [3.05, 3.63) is 99.5 Å². The molecule has 0 saturated carbocycles. The molecule has 0 bridgehead atoms. The Bertz CT molecular complexity index is 1380. The first kappa shape index (κ1) is 29.5. The van der Waals surface area contributed by atoms with Gasteiger partial charge in [0.15, 0.2) is 0 Å². The Labute approximate surface area is 234 Å². The van der Waals surface area contributed by atoms with Crippen molar-refractivity contribution in [1.29, 1.82) is 0 Å². The Hall–Kier alpha value is -3.07. The van der Waals surface area contributed by atoms with Crippen molar-refractivity contribution in [3.63, 3.8) is 0 Å². The molecule has 10 heteroatoms. The average Bonchev–Trinajstić information content (AvgIpc) is 2.87. The number of benzene rings is 3. The summed E-state index contributed by atoms with van der Waals surface area (Å²) in [5.41, 5.74) is 2.52. The van der Waals surface area contributed by atoms with Gasteiger partial charge in [0.05, 0.1) is 11.9 Å². The van der Waals surface area contributed by atoms with E-state index in [1.54, 1.807) is 50.2 Å². The largest absolute Gasteiger partial charge is 0.355 e. The van der Waals surface area contributed by atoms with Gasteiger partial charge in [-0.1, -0.05) is 77.8 Å². The second-order valence-electron chi connectivity index (χ2n) is 8.92. The van der Waals surface area contributed by atoms with Crippen LogP contribution in [0.5, 0.6) is 0 Å². The van der Waals surface area contributed by atoms with Gasteiger partial charge in [0, 0.05) is 29.6 Å². The van der Waals surface area contributed by atoms with Crippen LogP contribution in [0.2, 0.25) is 10.0 Å². The molecule has 0 radical (unpaired) electrons. The first-order valence-corrected chi connectivity index (χ1v) is 14.7. The van der Waals surface area contributed by atoms with Crippen molar-refractivity contribution in [2.45, 2.75) is 32.9 Å². The molecule has 7 nitrogen and oxygen atoms in total. The molecule has 1 atom stereocenters. The molecule has 0 aliphatic carbocycles. The fraction of sp³-hybridized carbons (Fsp3) is 0.286. The van der Waals surface area contributed by atoms with E-state index < -0.39 is 28.5 Å². The van der Waals surface area contributed by atoms with E-state index >= 15 is 0 Å². The Balaban J connectivity index is 2.06. The molecule has 0 aliphatic heterocycles. The van der Waals surface area contributed by atoms with Gasteiger partial charge in [-0.25, -0.2) is 8.42 Å². The molecular formula is C28H31Cl2N3O4S. The Morgan fingerprint density at radius 3 is 2.21 bits per heavy atom. The highest BCUT2D eigenvalue weighted by Gasteiger charge is 2.33. The molecule has 1 unspecified atom stereocenters. The first-order chi connectivity index (χ1) is 18.0. The lowest BCUT2D eigenvalue weighted by Gasteiger charge is -2.33. The summed E-state index contributed by atoms with van der Waals surface area (Å²) in [5, 5.41) is 3.63. The summed E-state index contributed by atoms with van der Waals surface area (Å²) in [5.74, 6) is -0.903. The number of halogens is 2. The summed E-state index contributed by atoms with van der Waals surface area (Å²) in [6, 6.07) is 20.3. The highest BCUT2D eigenvalue weighted by Crippen LogP contribution is 2.26. The minimum atomic E-state index is -3.87. The summed E-state index contributed by atoms with van der Waals surface area (Å²) in [7, 11) is -3.87. The lowest BCUT2D eigenvalue weighted by atomic mass is 10.0. The zero-order valence-corrected chi connectivity index (χ0v) is 23.9. The monoisotopic (exact) mass is 575 g/mol. The maximum atomic E-state index is 13.9. The van der Waals surface area contributed by atoms with Crippen molar-refractivity contribution >= 4 is 50.7 Å². The maximum Gasteiger partial charge on any atom is 0.244 e. The molecule has 2 amide bonds. The standard InChI is InChI=1S/C28H31Cl2N3O4S/c1-4-31-28(35)26(16-21-10-6-5-7-11-21)32(18-22-12-8-9-13-24(22)29)27(34)19-33(38(3,36)37)23-15-14-20(2)25(30)17-23/h5-15,17,26H,4,16,18-19H2,1-3H3,(H,31,35). The number of hydrogen-bond donors (Lipinski definition) is 1. The summed E-state index contributed by atoms with van der Waals surface area (Å²) in [6.45, 7) is 3.46. The Morgan fingerprint density at radius 2 is 1.61 bits per heavy atom. The van der Waals surface area contributed by atoms with Crippen LogP contribution >= 0.6 is 23.2 Å². The van der Waals surface area contributed by atoms with Crippen LogP contribution in [0.25, 0.3) is 0 Å². The number of nitrogens with one attached hydrogen (secondary N) is 1. The van der Waals surface area contributed by atoms with Gasteiger partial charge in [-0.05, 0) is 48.7 Å². The number of sulfonamides is 1. The van der Waals surface area contributed by atoms with Crippen LogP contribution in [0, 0.1) is 6.92 Å². The molecule has 202 valence electrons. The molecule has 0 saturated heterocycles. The van der Waals surface area contributed by atoms with Crippen LogP contribution in [0.1, 0.15) is 23.6 Å². The van der Waals surface area contributed by atoms with Crippen LogP contribution in [0.15, 0.2) is 72.8 Å².